The quantitative estimate of drug-likeness (QED) is 0.235. The van der Waals surface area contributed by atoms with E-state index in [-0.39, 0.29) is 17.2 Å². The van der Waals surface area contributed by atoms with Gasteiger partial charge in [0.05, 0.1) is 12.2 Å². The van der Waals surface area contributed by atoms with Gasteiger partial charge in [-0.2, -0.15) is 0 Å². The van der Waals surface area contributed by atoms with Crippen molar-refractivity contribution in [3.63, 3.8) is 0 Å². The summed E-state index contributed by atoms with van der Waals surface area (Å²) >= 11 is 0. The van der Waals surface area contributed by atoms with E-state index in [1.165, 1.54) is 22.0 Å². The Morgan fingerprint density at radius 3 is 1.85 bits per heavy atom. The van der Waals surface area contributed by atoms with Crippen LogP contribution >= 0.6 is 0 Å². The Labute approximate surface area is 239 Å². The summed E-state index contributed by atoms with van der Waals surface area (Å²) in [5.41, 5.74) is 1.24. The summed E-state index contributed by atoms with van der Waals surface area (Å²) in [6, 6.07) is 33.9. The van der Waals surface area contributed by atoms with Gasteiger partial charge in [-0.05, 0) is 46.2 Å². The first-order chi connectivity index (χ1) is 18.6. The zero-order valence-corrected chi connectivity index (χ0v) is 26.9. The van der Waals surface area contributed by atoms with E-state index in [9.17, 15) is 0 Å². The summed E-state index contributed by atoms with van der Waals surface area (Å²) in [6.45, 7) is 15.3. The number of ether oxygens (including phenoxy) is 1. The number of hydrogen-bond donors (Lipinski definition) is 0. The molecule has 208 valence electrons. The second-order valence-corrected chi connectivity index (χ2v) is 23.3. The van der Waals surface area contributed by atoms with E-state index in [1.807, 2.05) is 0 Å². The van der Waals surface area contributed by atoms with Crippen LogP contribution in [0.4, 0.5) is 0 Å². The van der Waals surface area contributed by atoms with E-state index in [2.05, 4.69) is 144 Å². The number of benzene rings is 3. The lowest BCUT2D eigenvalue weighted by atomic mass is 9.91. The summed E-state index contributed by atoms with van der Waals surface area (Å²) in [6.07, 6.45) is 8.12. The predicted octanol–water partition coefficient (Wildman–Crippen LogP) is 8.17. The topological polar surface area (TPSA) is 18.5 Å². The Balaban J connectivity index is 1.54. The molecule has 1 aliphatic heterocycles. The van der Waals surface area contributed by atoms with Gasteiger partial charge < -0.3 is 9.16 Å². The van der Waals surface area contributed by atoms with Crippen molar-refractivity contribution >= 4 is 32.8 Å². The van der Waals surface area contributed by atoms with Gasteiger partial charge in [-0.3, -0.25) is 0 Å². The number of hydrogen-bond acceptors (Lipinski definition) is 2. The smallest absolute Gasteiger partial charge is 0.261 e. The highest BCUT2D eigenvalue weighted by Crippen LogP contribution is 2.38. The molecule has 0 N–H and O–H groups in total. The van der Waals surface area contributed by atoms with Gasteiger partial charge in [-0.25, -0.2) is 0 Å². The Hall–Kier alpha value is -2.25. The molecule has 39 heavy (non-hydrogen) atoms. The molecule has 1 fully saturated rings. The molecular weight excluding hydrogens is 509 g/mol. The van der Waals surface area contributed by atoms with Crippen LogP contribution in [0, 0.1) is 5.92 Å². The van der Waals surface area contributed by atoms with Crippen LogP contribution in [0.1, 0.15) is 45.6 Å². The zero-order chi connectivity index (χ0) is 27.9. The predicted molar refractivity (Wildman–Crippen MR) is 173 cm³/mol. The molecule has 4 heteroatoms. The van der Waals surface area contributed by atoms with E-state index in [1.54, 1.807) is 0 Å². The maximum atomic E-state index is 7.22. The van der Waals surface area contributed by atoms with Gasteiger partial charge in [0, 0.05) is 14.7 Å². The Kier molecular flexibility index (Phi) is 9.87. The summed E-state index contributed by atoms with van der Waals surface area (Å²) in [5, 5.41) is 2.67. The molecule has 3 aromatic carbocycles. The highest BCUT2D eigenvalue weighted by molar-refractivity contribution is 6.99. The normalized spacial score (nSPS) is 20.8. The maximum Gasteiger partial charge on any atom is 0.261 e. The minimum absolute atomic E-state index is 0.00947. The second-order valence-electron chi connectivity index (χ2n) is 13.5. The molecule has 0 radical (unpaired) electrons. The van der Waals surface area contributed by atoms with Crippen LogP contribution in [0.2, 0.25) is 30.7 Å². The minimum atomic E-state index is -2.53. The van der Waals surface area contributed by atoms with E-state index >= 15 is 0 Å². The van der Waals surface area contributed by atoms with Crippen LogP contribution in [0.3, 0.4) is 0 Å². The summed E-state index contributed by atoms with van der Waals surface area (Å²) in [5.74, 6) is 0.716. The summed E-state index contributed by atoms with van der Waals surface area (Å²) in [4.78, 5) is 0. The van der Waals surface area contributed by atoms with E-state index < -0.39 is 16.4 Å². The van der Waals surface area contributed by atoms with Crippen molar-refractivity contribution in [1.82, 2.24) is 0 Å². The third-order valence-corrected chi connectivity index (χ3v) is 14.8. The average Bonchev–Trinajstić information content (AvgIpc) is 2.90. The van der Waals surface area contributed by atoms with Crippen molar-refractivity contribution in [3.05, 3.63) is 103 Å². The van der Waals surface area contributed by atoms with Crippen LogP contribution < -0.4 is 10.4 Å². The van der Waals surface area contributed by atoms with Crippen molar-refractivity contribution in [3.8, 4) is 0 Å². The molecule has 3 atom stereocenters. The standard InChI is InChI=1S/C35H48O2Si2/c1-35(2,3)39(33-18-12-8-13-19-33,34-20-14-9-15-21-34)36-25-24-32-27-30(28-38(4,5)6)26-31(37-32)23-22-29-16-10-7-11-17-29/h7-23,30-32H,24-28H2,1-6H3/b23-22+/t30?,31-,32?/m0/s1. The molecule has 2 nitrogen and oxygen atoms in total. The lowest BCUT2D eigenvalue weighted by molar-refractivity contribution is -0.0526. The fourth-order valence-electron chi connectivity index (χ4n) is 6.38. The lowest BCUT2D eigenvalue weighted by Crippen LogP contribution is -2.66. The molecule has 1 aliphatic rings. The van der Waals surface area contributed by atoms with Crippen LogP contribution in [-0.2, 0) is 9.16 Å². The zero-order valence-electron chi connectivity index (χ0n) is 24.9. The van der Waals surface area contributed by atoms with Crippen molar-refractivity contribution < 1.29 is 9.16 Å². The maximum absolute atomic E-state index is 7.22. The summed E-state index contributed by atoms with van der Waals surface area (Å²) < 4.78 is 13.9. The Morgan fingerprint density at radius 1 is 0.795 bits per heavy atom. The van der Waals surface area contributed by atoms with Gasteiger partial charge >= 0.3 is 0 Å². The molecule has 4 rings (SSSR count). The van der Waals surface area contributed by atoms with Gasteiger partial charge in [0.2, 0.25) is 0 Å². The molecule has 0 amide bonds. The molecule has 0 aliphatic carbocycles. The molecule has 3 aromatic rings. The third kappa shape index (κ3) is 7.91. The highest BCUT2D eigenvalue weighted by Gasteiger charge is 2.50. The molecule has 0 saturated carbocycles. The van der Waals surface area contributed by atoms with Crippen molar-refractivity contribution in [1.29, 1.82) is 0 Å². The van der Waals surface area contributed by atoms with Crippen molar-refractivity contribution in [2.24, 2.45) is 5.92 Å². The third-order valence-electron chi connectivity index (χ3n) is 7.91. The fraction of sp³-hybridized carbons (Fsp3) is 0.429. The van der Waals surface area contributed by atoms with Crippen LogP contribution in [-0.4, -0.2) is 35.2 Å². The molecule has 1 heterocycles. The van der Waals surface area contributed by atoms with Crippen LogP contribution in [0.5, 0.6) is 0 Å². The van der Waals surface area contributed by atoms with Gasteiger partial charge in [0.1, 0.15) is 0 Å². The van der Waals surface area contributed by atoms with Crippen LogP contribution in [0.15, 0.2) is 97.1 Å². The van der Waals surface area contributed by atoms with E-state index in [4.69, 9.17) is 9.16 Å². The first-order valence-corrected chi connectivity index (χ1v) is 20.3. The van der Waals surface area contributed by atoms with Crippen LogP contribution in [0.25, 0.3) is 6.08 Å². The van der Waals surface area contributed by atoms with Crippen molar-refractivity contribution in [2.45, 2.75) is 83.0 Å². The first kappa shape index (κ1) is 29.7. The van der Waals surface area contributed by atoms with Gasteiger partial charge in [0.15, 0.2) is 0 Å². The first-order valence-electron chi connectivity index (χ1n) is 14.7. The fourth-order valence-corrected chi connectivity index (χ4v) is 13.0. The lowest BCUT2D eigenvalue weighted by Gasteiger charge is -2.43. The average molecular weight is 557 g/mol. The monoisotopic (exact) mass is 556 g/mol. The number of rotatable bonds is 10. The molecule has 0 aromatic heterocycles. The largest absolute Gasteiger partial charge is 0.407 e. The molecule has 0 bridgehead atoms. The second kappa shape index (κ2) is 12.9. The SMILES string of the molecule is CC(C)(C)[Si](OCCC1CC(C[Si](C)(C)C)C[C@H](/C=C/c2ccccc2)O1)(c1ccccc1)c1ccccc1. The minimum Gasteiger partial charge on any atom is -0.407 e. The van der Waals surface area contributed by atoms with E-state index in [0.29, 0.717) is 12.5 Å². The molecule has 2 unspecified atom stereocenters. The Bertz CT molecular complexity index is 1120. The van der Waals surface area contributed by atoms with Gasteiger partial charge in [-0.15, -0.1) is 0 Å². The molecular formula is C35H48O2Si2. The summed E-state index contributed by atoms with van der Waals surface area (Å²) in [7, 11) is -3.70. The highest BCUT2D eigenvalue weighted by atomic mass is 28.4. The van der Waals surface area contributed by atoms with Gasteiger partial charge in [0.25, 0.3) is 8.32 Å². The van der Waals surface area contributed by atoms with Gasteiger partial charge in [-0.1, -0.05) is 150 Å². The Morgan fingerprint density at radius 2 is 1.33 bits per heavy atom. The molecule has 0 spiro atoms. The molecule has 1 saturated heterocycles. The van der Waals surface area contributed by atoms with E-state index in [0.717, 1.165) is 19.3 Å². The van der Waals surface area contributed by atoms with Crippen molar-refractivity contribution in [2.75, 3.05) is 6.61 Å².